The van der Waals surface area contributed by atoms with Gasteiger partial charge in [0.15, 0.2) is 34.7 Å². The molecular formula is C33H36N2O8. The molecule has 10 nitrogen and oxygen atoms in total. The number of nitrogens with one attached hydrogen (secondary N) is 1. The molecule has 0 aliphatic heterocycles. The predicted octanol–water partition coefficient (Wildman–Crippen LogP) is 3.00. The number of primary amides is 1. The highest BCUT2D eigenvalue weighted by molar-refractivity contribution is 6.32. The summed E-state index contributed by atoms with van der Waals surface area (Å²) in [6.45, 7) is 5.43. The van der Waals surface area contributed by atoms with Crippen LogP contribution in [-0.2, 0) is 30.4 Å². The minimum atomic E-state index is -2.72. The van der Waals surface area contributed by atoms with Gasteiger partial charge in [0.05, 0.1) is 11.5 Å². The molecule has 226 valence electrons. The number of benzene rings is 2. The Bertz CT molecular complexity index is 1540. The van der Waals surface area contributed by atoms with E-state index in [1.807, 2.05) is 6.92 Å². The van der Waals surface area contributed by atoms with Crippen LogP contribution in [0.25, 0.3) is 11.1 Å². The molecule has 43 heavy (non-hydrogen) atoms. The number of hydrogen-bond donors (Lipinski definition) is 4. The highest BCUT2D eigenvalue weighted by Gasteiger charge is 2.69. The van der Waals surface area contributed by atoms with Gasteiger partial charge < -0.3 is 21.3 Å². The van der Waals surface area contributed by atoms with E-state index in [2.05, 4.69) is 5.32 Å². The average Bonchev–Trinajstić information content (AvgIpc) is 2.94. The number of hydrogen-bond acceptors (Lipinski definition) is 8. The Hall–Kier alpha value is -4.18. The van der Waals surface area contributed by atoms with Crippen LogP contribution >= 0.6 is 0 Å². The Morgan fingerprint density at radius 2 is 1.72 bits per heavy atom. The quantitative estimate of drug-likeness (QED) is 0.356. The lowest BCUT2D eigenvalue weighted by Gasteiger charge is -2.52. The Morgan fingerprint density at radius 1 is 1.05 bits per heavy atom. The number of Topliss-reactive ketones (excluding diaryl/α,β-unsaturated/α-hetero) is 4. The third-order valence-electron chi connectivity index (χ3n) is 9.43. The summed E-state index contributed by atoms with van der Waals surface area (Å²) in [5, 5.41) is 25.4. The van der Waals surface area contributed by atoms with E-state index < -0.39 is 70.1 Å². The van der Waals surface area contributed by atoms with Crippen molar-refractivity contribution >= 4 is 40.6 Å². The highest BCUT2D eigenvalue weighted by Crippen LogP contribution is 2.53. The van der Waals surface area contributed by atoms with Crippen molar-refractivity contribution in [1.82, 2.24) is 0 Å². The van der Waals surface area contributed by atoms with Gasteiger partial charge >= 0.3 is 0 Å². The van der Waals surface area contributed by atoms with Gasteiger partial charge in [0.2, 0.25) is 11.8 Å². The van der Waals surface area contributed by atoms with Gasteiger partial charge in [0, 0.05) is 23.9 Å². The minimum absolute atomic E-state index is 0.0156. The van der Waals surface area contributed by atoms with Crippen LogP contribution in [0.4, 0.5) is 5.69 Å². The van der Waals surface area contributed by atoms with E-state index in [1.165, 1.54) is 6.07 Å². The molecule has 2 unspecified atom stereocenters. The van der Waals surface area contributed by atoms with E-state index >= 15 is 0 Å². The molecule has 5 N–H and O–H groups in total. The van der Waals surface area contributed by atoms with Crippen LogP contribution in [0.2, 0.25) is 0 Å². The summed E-state index contributed by atoms with van der Waals surface area (Å²) >= 11 is 0. The third kappa shape index (κ3) is 4.77. The largest absolute Gasteiger partial charge is 0.507 e. The molecule has 0 spiro atoms. The summed E-state index contributed by atoms with van der Waals surface area (Å²) in [6.07, 6.45) is 2.30. The first-order valence-electron chi connectivity index (χ1n) is 14.8. The first kappa shape index (κ1) is 30.3. The van der Waals surface area contributed by atoms with Crippen molar-refractivity contribution in [2.75, 3.05) is 5.32 Å². The molecule has 2 saturated carbocycles. The lowest BCUT2D eigenvalue weighted by Crippen LogP contribution is -2.71. The zero-order valence-electron chi connectivity index (χ0n) is 24.4. The average molecular weight is 589 g/mol. The van der Waals surface area contributed by atoms with Gasteiger partial charge in [-0.15, -0.1) is 0 Å². The summed E-state index contributed by atoms with van der Waals surface area (Å²) in [5.74, 6) is -12.0. The number of anilines is 1. The number of phenolic OH excluding ortho intramolecular Hbond substituents is 1. The van der Waals surface area contributed by atoms with Crippen LogP contribution < -0.4 is 11.1 Å². The van der Waals surface area contributed by atoms with Crippen molar-refractivity contribution in [2.45, 2.75) is 58.5 Å². The smallest absolute Gasteiger partial charge is 0.235 e. The number of carbonyl (C=O) groups is 6. The lowest BCUT2D eigenvalue weighted by molar-refractivity contribution is -0.182. The zero-order valence-corrected chi connectivity index (χ0v) is 24.4. The fourth-order valence-corrected chi connectivity index (χ4v) is 7.42. The van der Waals surface area contributed by atoms with E-state index in [1.54, 1.807) is 44.2 Å². The maximum atomic E-state index is 14.0. The SMILES string of the molecule is CCCCC(=O)Nc1ccc(-c2ccc(O)c3c2C[C@H]2C[C@H]4[C@H](C(C)C)C(=O)C(C(N)=O)C(=O)[C@@]4(O)C(=O)C2C3=O)cc1. The van der Waals surface area contributed by atoms with E-state index in [0.29, 0.717) is 23.2 Å². The van der Waals surface area contributed by atoms with Crippen LogP contribution in [0.1, 0.15) is 62.4 Å². The minimum Gasteiger partial charge on any atom is -0.507 e. The van der Waals surface area contributed by atoms with Crippen molar-refractivity contribution in [1.29, 1.82) is 0 Å². The molecule has 0 saturated heterocycles. The maximum Gasteiger partial charge on any atom is 0.235 e. The summed E-state index contributed by atoms with van der Waals surface area (Å²) in [7, 11) is 0. The second kappa shape index (κ2) is 11.1. The fourth-order valence-electron chi connectivity index (χ4n) is 7.42. The molecule has 2 aromatic rings. The second-order valence-corrected chi connectivity index (χ2v) is 12.4. The Kier molecular flexibility index (Phi) is 7.85. The molecule has 0 bridgehead atoms. The topological polar surface area (TPSA) is 181 Å². The van der Waals surface area contributed by atoms with Gasteiger partial charge in [-0.05, 0) is 66.0 Å². The number of unbranched alkanes of at least 4 members (excludes halogenated alkanes) is 1. The predicted molar refractivity (Wildman–Crippen MR) is 156 cm³/mol. The van der Waals surface area contributed by atoms with Crippen molar-refractivity contribution in [3.8, 4) is 16.9 Å². The first-order chi connectivity index (χ1) is 20.3. The highest BCUT2D eigenvalue weighted by atomic mass is 16.3. The van der Waals surface area contributed by atoms with Gasteiger partial charge in [-0.2, -0.15) is 0 Å². The van der Waals surface area contributed by atoms with E-state index in [-0.39, 0.29) is 30.1 Å². The molecule has 2 fully saturated rings. The molecule has 3 aliphatic rings. The van der Waals surface area contributed by atoms with Crippen molar-refractivity contribution < 1.29 is 39.0 Å². The van der Waals surface area contributed by atoms with Gasteiger partial charge in [-0.25, -0.2) is 0 Å². The van der Waals surface area contributed by atoms with Gasteiger partial charge in [0.1, 0.15) is 5.75 Å². The summed E-state index contributed by atoms with van der Waals surface area (Å²) in [4.78, 5) is 78.9. The molecule has 2 aromatic carbocycles. The zero-order chi connectivity index (χ0) is 31.4. The van der Waals surface area contributed by atoms with Crippen LogP contribution in [0.3, 0.4) is 0 Å². The molecule has 10 heteroatoms. The molecule has 0 radical (unpaired) electrons. The molecular weight excluding hydrogens is 552 g/mol. The normalized spacial score (nSPS) is 28.3. The van der Waals surface area contributed by atoms with Crippen molar-refractivity contribution in [3.63, 3.8) is 0 Å². The van der Waals surface area contributed by atoms with Gasteiger partial charge in [-0.3, -0.25) is 28.8 Å². The number of carbonyl (C=O) groups excluding carboxylic acids is 6. The number of aromatic hydroxyl groups is 1. The first-order valence-corrected chi connectivity index (χ1v) is 14.8. The second-order valence-electron chi connectivity index (χ2n) is 12.4. The number of nitrogens with two attached hydrogens (primary N) is 1. The molecule has 0 heterocycles. The maximum absolute atomic E-state index is 14.0. The summed E-state index contributed by atoms with van der Waals surface area (Å²) in [5.41, 5.74) is 5.12. The van der Waals surface area contributed by atoms with Crippen LogP contribution in [0, 0.1) is 35.5 Å². The lowest BCUT2D eigenvalue weighted by atomic mass is 9.49. The summed E-state index contributed by atoms with van der Waals surface area (Å²) in [6, 6.07) is 10.1. The van der Waals surface area contributed by atoms with E-state index in [9.17, 15) is 39.0 Å². The monoisotopic (exact) mass is 588 g/mol. The Balaban J connectivity index is 1.54. The molecule has 0 aromatic heterocycles. The number of fused-ring (bicyclic) bond motifs is 3. The number of amides is 2. The molecule has 5 rings (SSSR count). The fraction of sp³-hybridized carbons (Fsp3) is 0.455. The number of ketones is 4. The standard InChI is InChI=1S/C33H36N2O8/c1-4-5-6-23(37)35-18-9-7-16(8-10-18)19-11-12-22(36)26-20(19)13-17-14-21-24(15(2)3)28(38)27(32(34)42)31(41)33(21,43)30(40)25(17)29(26)39/h7-12,15,17,21,24-25,27,36,43H,4-6,13-14H2,1-3H3,(H2,34,42)(H,35,37)/t17-,21-,24-,25?,27?,33-/m0/s1. The number of phenols is 1. The van der Waals surface area contributed by atoms with Gasteiger partial charge in [0.25, 0.3) is 0 Å². The van der Waals surface area contributed by atoms with Crippen LogP contribution in [0.5, 0.6) is 5.75 Å². The summed E-state index contributed by atoms with van der Waals surface area (Å²) < 4.78 is 0. The molecule has 3 aliphatic carbocycles. The van der Waals surface area contributed by atoms with Crippen molar-refractivity contribution in [2.24, 2.45) is 41.2 Å². The van der Waals surface area contributed by atoms with Crippen LogP contribution in [-0.4, -0.2) is 50.8 Å². The Morgan fingerprint density at radius 3 is 2.33 bits per heavy atom. The Labute approximate surface area is 249 Å². The molecule has 6 atom stereocenters. The van der Waals surface area contributed by atoms with Gasteiger partial charge in [-0.1, -0.05) is 45.4 Å². The van der Waals surface area contributed by atoms with Crippen molar-refractivity contribution in [3.05, 3.63) is 47.5 Å². The number of aliphatic hydroxyl groups is 1. The molecule has 2 amide bonds. The third-order valence-corrected chi connectivity index (χ3v) is 9.43. The number of rotatable bonds is 7. The van der Waals surface area contributed by atoms with E-state index in [0.717, 1.165) is 18.4 Å². The van der Waals surface area contributed by atoms with E-state index in [4.69, 9.17) is 5.73 Å². The van der Waals surface area contributed by atoms with Crippen LogP contribution in [0.15, 0.2) is 36.4 Å².